The Labute approximate surface area is 249 Å². The predicted molar refractivity (Wildman–Crippen MR) is 179 cm³/mol. The first-order chi connectivity index (χ1) is 19.4. The Morgan fingerprint density at radius 2 is 0.359 bits per heavy atom. The Hall–Kier alpha value is -0.0400. The monoisotopic (exact) mass is 551 g/mol. The van der Waals surface area contributed by atoms with Crippen molar-refractivity contribution in [3.8, 4) is 0 Å². The summed E-state index contributed by atoms with van der Waals surface area (Å²) in [5.74, 6) is 0. The van der Waals surface area contributed by atoms with Crippen LogP contribution in [0.3, 0.4) is 0 Å². The van der Waals surface area contributed by atoms with Crippen molar-refractivity contribution in [2.75, 3.05) is 13.2 Å². The second-order valence-electron chi connectivity index (χ2n) is 12.9. The van der Waals surface area contributed by atoms with Crippen LogP contribution >= 0.6 is 0 Å². The fourth-order valence-corrected chi connectivity index (χ4v) is 5.96. The van der Waals surface area contributed by atoms with Crippen molar-refractivity contribution >= 4 is 0 Å². The third-order valence-electron chi connectivity index (χ3n) is 8.78. The molecular weight excluding hydrogens is 472 g/mol. The Balaban J connectivity index is 3.01. The van der Waals surface area contributed by atoms with E-state index in [2.05, 4.69) is 13.8 Å². The van der Waals surface area contributed by atoms with Crippen LogP contribution < -0.4 is 0 Å². The lowest BCUT2D eigenvalue weighted by Crippen LogP contribution is -1.97. The molecule has 0 spiro atoms. The van der Waals surface area contributed by atoms with E-state index in [1.807, 2.05) is 0 Å². The van der Waals surface area contributed by atoms with Crippen LogP contribution in [0.15, 0.2) is 0 Å². The topological polar surface area (TPSA) is 9.23 Å². The van der Waals surface area contributed by atoms with Crippen molar-refractivity contribution in [1.82, 2.24) is 0 Å². The number of ether oxygens (including phenoxy) is 1. The van der Waals surface area contributed by atoms with Crippen LogP contribution in [0.4, 0.5) is 0 Å². The van der Waals surface area contributed by atoms with Gasteiger partial charge in [0.15, 0.2) is 0 Å². The molecule has 0 rings (SSSR count). The maximum Gasteiger partial charge on any atom is 0.0466 e. The van der Waals surface area contributed by atoms with Gasteiger partial charge in [0.1, 0.15) is 0 Å². The zero-order valence-corrected chi connectivity index (χ0v) is 27.9. The van der Waals surface area contributed by atoms with E-state index in [1.54, 1.807) is 0 Å². The fraction of sp³-hybridized carbons (Fsp3) is 1.00. The van der Waals surface area contributed by atoms with Crippen molar-refractivity contribution < 1.29 is 4.74 Å². The molecule has 0 aliphatic heterocycles. The molecule has 0 N–H and O–H groups in total. The number of hydrogen-bond donors (Lipinski definition) is 0. The molecule has 0 aliphatic carbocycles. The van der Waals surface area contributed by atoms with Crippen LogP contribution in [0.2, 0.25) is 0 Å². The maximum atomic E-state index is 5.80. The first-order valence-electron chi connectivity index (χ1n) is 19.0. The number of rotatable bonds is 36. The summed E-state index contributed by atoms with van der Waals surface area (Å²) >= 11 is 0. The van der Waals surface area contributed by atoms with Gasteiger partial charge in [0, 0.05) is 13.2 Å². The molecule has 1 nitrogen and oxygen atoms in total. The zero-order chi connectivity index (χ0) is 28.2. The summed E-state index contributed by atoms with van der Waals surface area (Å²) in [6.07, 6.45) is 49.1. The lowest BCUT2D eigenvalue weighted by Gasteiger charge is -2.05. The molecule has 0 unspecified atom stereocenters. The molecule has 0 aliphatic rings. The molecule has 236 valence electrons. The minimum Gasteiger partial charge on any atom is -0.381 e. The van der Waals surface area contributed by atoms with Crippen molar-refractivity contribution in [2.45, 2.75) is 232 Å². The van der Waals surface area contributed by atoms with Gasteiger partial charge in [-0.15, -0.1) is 0 Å². The highest BCUT2D eigenvalue weighted by molar-refractivity contribution is 4.52. The second-order valence-corrected chi connectivity index (χ2v) is 12.9. The summed E-state index contributed by atoms with van der Waals surface area (Å²) in [6, 6.07) is 0. The quantitative estimate of drug-likeness (QED) is 0.0705. The highest BCUT2D eigenvalue weighted by atomic mass is 16.5. The molecule has 0 atom stereocenters. The smallest absolute Gasteiger partial charge is 0.0466 e. The molecule has 0 fully saturated rings. The molecular formula is C38H78O. The van der Waals surface area contributed by atoms with Gasteiger partial charge in [-0.05, 0) is 12.8 Å². The van der Waals surface area contributed by atoms with Crippen molar-refractivity contribution in [3.05, 3.63) is 0 Å². The van der Waals surface area contributed by atoms with Crippen molar-refractivity contribution in [2.24, 2.45) is 0 Å². The van der Waals surface area contributed by atoms with Crippen molar-refractivity contribution in [3.63, 3.8) is 0 Å². The average molecular weight is 551 g/mol. The first-order valence-corrected chi connectivity index (χ1v) is 19.0. The lowest BCUT2D eigenvalue weighted by atomic mass is 10.0. The summed E-state index contributed by atoms with van der Waals surface area (Å²) < 4.78 is 5.80. The molecule has 1 heteroatoms. The Morgan fingerprint density at radius 3 is 0.538 bits per heavy atom. The Kier molecular flexibility index (Phi) is 37.9. The van der Waals surface area contributed by atoms with Crippen LogP contribution in [0, 0.1) is 0 Å². The number of unbranched alkanes of at least 4 members (excludes halogenated alkanes) is 32. The summed E-state index contributed by atoms with van der Waals surface area (Å²) in [4.78, 5) is 0. The summed E-state index contributed by atoms with van der Waals surface area (Å²) in [5.41, 5.74) is 0. The second kappa shape index (κ2) is 38.0. The van der Waals surface area contributed by atoms with Crippen molar-refractivity contribution in [1.29, 1.82) is 0 Å². The zero-order valence-electron chi connectivity index (χ0n) is 27.9. The van der Waals surface area contributed by atoms with Gasteiger partial charge < -0.3 is 4.74 Å². The Morgan fingerprint density at radius 1 is 0.205 bits per heavy atom. The van der Waals surface area contributed by atoms with Gasteiger partial charge in [-0.2, -0.15) is 0 Å². The van der Waals surface area contributed by atoms with E-state index in [0.29, 0.717) is 0 Å². The Bertz CT molecular complexity index is 356. The minimum atomic E-state index is 0.992. The minimum absolute atomic E-state index is 0.992. The third-order valence-corrected chi connectivity index (χ3v) is 8.78. The van der Waals surface area contributed by atoms with Gasteiger partial charge in [0.25, 0.3) is 0 Å². The van der Waals surface area contributed by atoms with E-state index < -0.39 is 0 Å². The van der Waals surface area contributed by atoms with E-state index in [-0.39, 0.29) is 0 Å². The van der Waals surface area contributed by atoms with E-state index in [0.717, 1.165) is 13.2 Å². The van der Waals surface area contributed by atoms with E-state index in [9.17, 15) is 0 Å². The van der Waals surface area contributed by atoms with Gasteiger partial charge in [-0.1, -0.05) is 219 Å². The molecule has 0 radical (unpaired) electrons. The van der Waals surface area contributed by atoms with E-state index in [4.69, 9.17) is 4.74 Å². The molecule has 0 saturated heterocycles. The van der Waals surface area contributed by atoms with Gasteiger partial charge in [0.05, 0.1) is 0 Å². The standard InChI is InChI=1S/C38H78O/c1-3-5-7-9-11-12-13-14-15-16-17-18-19-20-21-22-23-24-25-26-27-28-29-30-31-32-34-36-38-39-37-35-33-10-8-6-4-2/h3-38H2,1-2H3. The van der Waals surface area contributed by atoms with Crippen LogP contribution in [0.5, 0.6) is 0 Å². The highest BCUT2D eigenvalue weighted by Crippen LogP contribution is 2.16. The van der Waals surface area contributed by atoms with Crippen LogP contribution in [0.1, 0.15) is 232 Å². The molecule has 39 heavy (non-hydrogen) atoms. The summed E-state index contributed by atoms with van der Waals surface area (Å²) in [7, 11) is 0. The first kappa shape index (κ1) is 39.0. The van der Waals surface area contributed by atoms with E-state index in [1.165, 1.54) is 218 Å². The van der Waals surface area contributed by atoms with Gasteiger partial charge >= 0.3 is 0 Å². The SMILES string of the molecule is CCCCCCCCCCCCCCCCCCCCCCCCCCCCCCOCCCCCCCC. The van der Waals surface area contributed by atoms with E-state index >= 15 is 0 Å². The average Bonchev–Trinajstić information content (AvgIpc) is 2.95. The molecule has 0 aromatic rings. The fourth-order valence-electron chi connectivity index (χ4n) is 5.96. The number of hydrogen-bond acceptors (Lipinski definition) is 1. The van der Waals surface area contributed by atoms with Gasteiger partial charge in [0.2, 0.25) is 0 Å². The normalized spacial score (nSPS) is 11.5. The molecule has 0 heterocycles. The van der Waals surface area contributed by atoms with Crippen LogP contribution in [-0.2, 0) is 4.74 Å². The van der Waals surface area contributed by atoms with Gasteiger partial charge in [-0.3, -0.25) is 0 Å². The summed E-state index contributed by atoms with van der Waals surface area (Å²) in [5, 5.41) is 0. The lowest BCUT2D eigenvalue weighted by molar-refractivity contribution is 0.125. The third kappa shape index (κ3) is 38.0. The maximum absolute atomic E-state index is 5.80. The molecule has 0 aromatic heterocycles. The highest BCUT2D eigenvalue weighted by Gasteiger charge is 1.97. The molecule has 0 aromatic carbocycles. The van der Waals surface area contributed by atoms with Crippen LogP contribution in [-0.4, -0.2) is 13.2 Å². The largest absolute Gasteiger partial charge is 0.381 e. The molecule has 0 bridgehead atoms. The molecule has 0 amide bonds. The summed E-state index contributed by atoms with van der Waals surface area (Å²) in [6.45, 7) is 6.58. The molecule has 0 saturated carbocycles. The van der Waals surface area contributed by atoms with Crippen LogP contribution in [0.25, 0.3) is 0 Å². The predicted octanol–water partition coefficient (Wildman–Crippen LogP) is 14.3. The van der Waals surface area contributed by atoms with Gasteiger partial charge in [-0.25, -0.2) is 0 Å².